The standard InChI is InChI=1S/C22H22F2N2O4/c23-14-4-6-16(17(24)12-14)21(28)25-11-8-20(27)26-15-5-7-18-19(13-15)30-22(29-18)9-2-1-3-10-22/h4-7,12-13H,1-3,8-11H2,(H,25,28)(H,26,27). The Kier molecular flexibility index (Phi) is 5.57. The summed E-state index contributed by atoms with van der Waals surface area (Å²) in [6.45, 7) is 0.00907. The summed E-state index contributed by atoms with van der Waals surface area (Å²) < 4.78 is 38.6. The zero-order chi connectivity index (χ0) is 21.1. The fourth-order valence-corrected chi connectivity index (χ4v) is 3.75. The van der Waals surface area contributed by atoms with Crippen molar-refractivity contribution in [2.45, 2.75) is 44.3 Å². The average molecular weight is 416 g/mol. The van der Waals surface area contributed by atoms with Gasteiger partial charge in [-0.1, -0.05) is 6.42 Å². The topological polar surface area (TPSA) is 76.7 Å². The monoisotopic (exact) mass is 416 g/mol. The zero-order valence-corrected chi connectivity index (χ0v) is 16.3. The van der Waals surface area contributed by atoms with E-state index in [1.807, 2.05) is 0 Å². The smallest absolute Gasteiger partial charge is 0.254 e. The number of amides is 2. The summed E-state index contributed by atoms with van der Waals surface area (Å²) in [4.78, 5) is 24.1. The number of nitrogens with one attached hydrogen (secondary N) is 2. The summed E-state index contributed by atoms with van der Waals surface area (Å²) in [7, 11) is 0. The molecule has 0 saturated heterocycles. The van der Waals surface area contributed by atoms with Gasteiger partial charge in [-0.05, 0) is 37.1 Å². The minimum Gasteiger partial charge on any atom is -0.448 e. The molecule has 1 aliphatic heterocycles. The number of ether oxygens (including phenoxy) is 2. The summed E-state index contributed by atoms with van der Waals surface area (Å²) in [5, 5.41) is 5.20. The molecule has 1 saturated carbocycles. The molecule has 1 spiro atoms. The highest BCUT2D eigenvalue weighted by Crippen LogP contribution is 2.46. The van der Waals surface area contributed by atoms with E-state index in [9.17, 15) is 18.4 Å². The highest BCUT2D eigenvalue weighted by atomic mass is 19.1. The number of carbonyl (C=O) groups excluding carboxylic acids is 2. The molecule has 0 aromatic heterocycles. The van der Waals surface area contributed by atoms with E-state index in [-0.39, 0.29) is 24.4 Å². The van der Waals surface area contributed by atoms with E-state index < -0.39 is 23.3 Å². The van der Waals surface area contributed by atoms with Crippen molar-refractivity contribution in [3.8, 4) is 11.5 Å². The summed E-state index contributed by atoms with van der Waals surface area (Å²) in [6.07, 6.45) is 4.98. The largest absolute Gasteiger partial charge is 0.448 e. The molecule has 2 aromatic carbocycles. The molecule has 2 aromatic rings. The minimum atomic E-state index is -0.951. The third-order valence-electron chi connectivity index (χ3n) is 5.25. The first kappa shape index (κ1) is 20.1. The fraction of sp³-hybridized carbons (Fsp3) is 0.364. The molecule has 158 valence electrons. The first-order chi connectivity index (χ1) is 14.4. The number of fused-ring (bicyclic) bond motifs is 1. The van der Waals surface area contributed by atoms with Gasteiger partial charge in [0.25, 0.3) is 11.7 Å². The van der Waals surface area contributed by atoms with Gasteiger partial charge in [-0.3, -0.25) is 9.59 Å². The number of halogens is 2. The van der Waals surface area contributed by atoms with Crippen LogP contribution < -0.4 is 20.1 Å². The van der Waals surface area contributed by atoms with E-state index in [1.54, 1.807) is 18.2 Å². The Morgan fingerprint density at radius 2 is 1.73 bits per heavy atom. The molecule has 4 rings (SSSR count). The van der Waals surface area contributed by atoms with Crippen LogP contribution in [0.1, 0.15) is 48.9 Å². The van der Waals surface area contributed by atoms with Gasteiger partial charge in [0.1, 0.15) is 11.6 Å². The van der Waals surface area contributed by atoms with E-state index in [0.717, 1.165) is 37.8 Å². The lowest BCUT2D eigenvalue weighted by atomic mass is 9.94. The quantitative estimate of drug-likeness (QED) is 0.768. The molecule has 2 aliphatic rings. The molecule has 2 N–H and O–H groups in total. The van der Waals surface area contributed by atoms with Crippen LogP contribution in [0, 0.1) is 11.6 Å². The number of carbonyl (C=O) groups is 2. The van der Waals surface area contributed by atoms with E-state index in [1.165, 1.54) is 6.42 Å². The molecular weight excluding hydrogens is 394 g/mol. The second-order valence-corrected chi connectivity index (χ2v) is 7.52. The van der Waals surface area contributed by atoms with Gasteiger partial charge in [-0.2, -0.15) is 0 Å². The number of hydrogen-bond acceptors (Lipinski definition) is 4. The summed E-state index contributed by atoms with van der Waals surface area (Å²) in [5.41, 5.74) is 0.287. The first-order valence-electron chi connectivity index (χ1n) is 9.99. The Bertz CT molecular complexity index is 974. The van der Waals surface area contributed by atoms with Crippen LogP contribution in [0.4, 0.5) is 14.5 Å². The molecule has 0 unspecified atom stereocenters. The Hall–Kier alpha value is -3.16. The Morgan fingerprint density at radius 3 is 2.50 bits per heavy atom. The van der Waals surface area contributed by atoms with Gasteiger partial charge < -0.3 is 20.1 Å². The molecule has 1 aliphatic carbocycles. The number of anilines is 1. The van der Waals surface area contributed by atoms with Crippen molar-refractivity contribution in [2.24, 2.45) is 0 Å². The van der Waals surface area contributed by atoms with Crippen molar-refractivity contribution in [1.82, 2.24) is 5.32 Å². The Labute approximate surface area is 172 Å². The van der Waals surface area contributed by atoms with Crippen LogP contribution in [0.3, 0.4) is 0 Å². The molecule has 1 fully saturated rings. The van der Waals surface area contributed by atoms with Crippen molar-refractivity contribution in [3.63, 3.8) is 0 Å². The average Bonchev–Trinajstić information content (AvgIpc) is 3.04. The summed E-state index contributed by atoms with van der Waals surface area (Å²) in [5.74, 6) is -2.04. The van der Waals surface area contributed by atoms with Crippen molar-refractivity contribution in [2.75, 3.05) is 11.9 Å². The predicted octanol–water partition coefficient (Wildman–Crippen LogP) is 4.16. The lowest BCUT2D eigenvalue weighted by Crippen LogP contribution is -2.40. The van der Waals surface area contributed by atoms with E-state index >= 15 is 0 Å². The number of rotatable bonds is 5. The molecule has 6 nitrogen and oxygen atoms in total. The van der Waals surface area contributed by atoms with Crippen molar-refractivity contribution in [3.05, 3.63) is 53.6 Å². The molecular formula is C22H22F2N2O4. The lowest BCUT2D eigenvalue weighted by molar-refractivity contribution is -0.116. The second-order valence-electron chi connectivity index (χ2n) is 7.52. The Balaban J connectivity index is 1.28. The summed E-state index contributed by atoms with van der Waals surface area (Å²) >= 11 is 0. The third kappa shape index (κ3) is 4.37. The fourth-order valence-electron chi connectivity index (χ4n) is 3.75. The van der Waals surface area contributed by atoms with Crippen LogP contribution in [-0.4, -0.2) is 24.1 Å². The van der Waals surface area contributed by atoms with Crippen molar-refractivity contribution >= 4 is 17.5 Å². The van der Waals surface area contributed by atoms with E-state index in [0.29, 0.717) is 23.3 Å². The van der Waals surface area contributed by atoms with E-state index in [2.05, 4.69) is 10.6 Å². The maximum atomic E-state index is 13.6. The van der Waals surface area contributed by atoms with Gasteiger partial charge in [-0.15, -0.1) is 0 Å². The van der Waals surface area contributed by atoms with Crippen LogP contribution in [0.25, 0.3) is 0 Å². The SMILES string of the molecule is O=C(CCNC(=O)c1ccc(F)cc1F)Nc1ccc2c(c1)OC1(CCCCC1)O2. The maximum absolute atomic E-state index is 13.6. The van der Waals surface area contributed by atoms with Gasteiger partial charge in [0, 0.05) is 43.6 Å². The van der Waals surface area contributed by atoms with E-state index in [4.69, 9.17) is 9.47 Å². The van der Waals surface area contributed by atoms with Crippen molar-refractivity contribution in [1.29, 1.82) is 0 Å². The normalized spacial score (nSPS) is 16.3. The van der Waals surface area contributed by atoms with Crippen LogP contribution >= 0.6 is 0 Å². The van der Waals surface area contributed by atoms with Gasteiger partial charge in [-0.25, -0.2) is 8.78 Å². The number of benzene rings is 2. The van der Waals surface area contributed by atoms with Gasteiger partial charge >= 0.3 is 0 Å². The lowest BCUT2D eigenvalue weighted by Gasteiger charge is -2.31. The minimum absolute atomic E-state index is 0.00701. The molecule has 8 heteroatoms. The molecule has 30 heavy (non-hydrogen) atoms. The molecule has 0 atom stereocenters. The van der Waals surface area contributed by atoms with Crippen LogP contribution in [-0.2, 0) is 4.79 Å². The third-order valence-corrected chi connectivity index (χ3v) is 5.25. The maximum Gasteiger partial charge on any atom is 0.254 e. The molecule has 0 radical (unpaired) electrons. The van der Waals surface area contributed by atoms with Gasteiger partial charge in [0.05, 0.1) is 5.56 Å². The summed E-state index contributed by atoms with van der Waals surface area (Å²) in [6, 6.07) is 7.93. The Morgan fingerprint density at radius 1 is 0.967 bits per heavy atom. The predicted molar refractivity (Wildman–Crippen MR) is 105 cm³/mol. The van der Waals surface area contributed by atoms with Crippen molar-refractivity contribution < 1.29 is 27.8 Å². The second kappa shape index (κ2) is 8.30. The van der Waals surface area contributed by atoms with Crippen LogP contribution in [0.15, 0.2) is 36.4 Å². The van der Waals surface area contributed by atoms with Gasteiger partial charge in [0.2, 0.25) is 5.91 Å². The van der Waals surface area contributed by atoms with Crippen LogP contribution in [0.2, 0.25) is 0 Å². The van der Waals surface area contributed by atoms with Crippen LogP contribution in [0.5, 0.6) is 11.5 Å². The zero-order valence-electron chi connectivity index (χ0n) is 16.3. The molecule has 1 heterocycles. The van der Waals surface area contributed by atoms with Gasteiger partial charge in [0.15, 0.2) is 11.5 Å². The highest BCUT2D eigenvalue weighted by molar-refractivity contribution is 5.95. The molecule has 0 bridgehead atoms. The highest BCUT2D eigenvalue weighted by Gasteiger charge is 2.42. The first-order valence-corrected chi connectivity index (χ1v) is 9.99. The number of hydrogen-bond donors (Lipinski definition) is 2. The molecule has 2 amide bonds.